The van der Waals surface area contributed by atoms with E-state index in [1.807, 2.05) is 64.3 Å². The summed E-state index contributed by atoms with van der Waals surface area (Å²) < 4.78 is 2.77. The van der Waals surface area contributed by atoms with Crippen molar-refractivity contribution in [1.82, 2.24) is 9.47 Å². The molecule has 2 heterocycles. The van der Waals surface area contributed by atoms with Gasteiger partial charge in [0.25, 0.3) is 5.91 Å². The highest BCUT2D eigenvalue weighted by atomic mass is 79.9. The Morgan fingerprint density at radius 3 is 2.31 bits per heavy atom. The molecule has 9 heteroatoms. The number of benzene rings is 1. The molecule has 0 bridgehead atoms. The van der Waals surface area contributed by atoms with Crippen LogP contribution in [0.15, 0.2) is 22.7 Å². The molecule has 0 fully saturated rings. The lowest BCUT2D eigenvalue weighted by Gasteiger charge is -2.33. The number of nitrogens with one attached hydrogen (secondary N) is 1. The van der Waals surface area contributed by atoms with Crippen molar-refractivity contribution in [2.45, 2.75) is 66.0 Å². The van der Waals surface area contributed by atoms with E-state index in [1.54, 1.807) is 6.08 Å². The summed E-state index contributed by atoms with van der Waals surface area (Å²) in [5.74, 6) is -2.09. The van der Waals surface area contributed by atoms with Gasteiger partial charge < -0.3 is 20.7 Å². The number of fused-ring (bicyclic) bond motifs is 1. The third-order valence-electron chi connectivity index (χ3n) is 6.62. The van der Waals surface area contributed by atoms with E-state index in [4.69, 9.17) is 5.73 Å². The summed E-state index contributed by atoms with van der Waals surface area (Å²) in [6.07, 6.45) is 1.29. The van der Waals surface area contributed by atoms with Gasteiger partial charge in [0.15, 0.2) is 0 Å². The van der Waals surface area contributed by atoms with Crippen molar-refractivity contribution in [2.75, 3.05) is 18.4 Å². The molecule has 0 saturated carbocycles. The zero-order chi connectivity index (χ0) is 26.9. The molecule has 3 rings (SSSR count). The van der Waals surface area contributed by atoms with Crippen molar-refractivity contribution in [1.29, 1.82) is 0 Å². The van der Waals surface area contributed by atoms with E-state index < -0.39 is 18.0 Å². The Morgan fingerprint density at radius 1 is 1.17 bits per heavy atom. The smallest absolute Gasteiger partial charge is 0.337 e. The summed E-state index contributed by atoms with van der Waals surface area (Å²) >= 11 is 3.48. The van der Waals surface area contributed by atoms with Gasteiger partial charge in [-0.15, -0.1) is 0 Å². The molecule has 2 amide bonds. The Hall–Kier alpha value is -2.91. The quantitative estimate of drug-likeness (QED) is 0.337. The summed E-state index contributed by atoms with van der Waals surface area (Å²) in [6.45, 7) is 13.0. The summed E-state index contributed by atoms with van der Waals surface area (Å²) in [5, 5.41) is 13.3. The summed E-state index contributed by atoms with van der Waals surface area (Å²) in [4.78, 5) is 40.1. The Balaban J connectivity index is 2.49. The largest absolute Gasteiger partial charge is 0.478 e. The zero-order valence-electron chi connectivity index (χ0n) is 21.7. The number of nitrogens with two attached hydrogens (primary N) is 1. The van der Waals surface area contributed by atoms with E-state index in [2.05, 4.69) is 26.1 Å². The van der Waals surface area contributed by atoms with Gasteiger partial charge in [-0.2, -0.15) is 0 Å². The van der Waals surface area contributed by atoms with E-state index in [0.717, 1.165) is 10.0 Å². The number of carbonyl (C=O) groups is 3. The van der Waals surface area contributed by atoms with Gasteiger partial charge in [-0.1, -0.05) is 57.5 Å². The molecular formula is C27H35BrN4O4. The standard InChI is InChI=1S/C27H35BrN4O4/c1-7-31(8-2)22(13-21(29)33)32-20(23(14(3)4)24(27(35)36)25(32)15(5)6)12-18-17-11-16(28)9-10-19(17)30-26(18)34/h9-12,14-15,22H,7-8,13H2,1-6H3,(H2,29,33)(H,30,34)(H,35,36). The molecule has 0 radical (unpaired) electrons. The fourth-order valence-electron chi connectivity index (χ4n) is 5.14. The van der Waals surface area contributed by atoms with Gasteiger partial charge in [-0.25, -0.2) is 4.79 Å². The lowest BCUT2D eigenvalue weighted by Crippen LogP contribution is -2.37. The van der Waals surface area contributed by atoms with Gasteiger partial charge in [0.2, 0.25) is 5.91 Å². The van der Waals surface area contributed by atoms with Crippen LogP contribution in [0.2, 0.25) is 0 Å². The number of primary amides is 1. The first-order chi connectivity index (χ1) is 16.9. The number of carbonyl (C=O) groups excluding carboxylic acids is 2. The molecule has 2 aromatic rings. The second-order valence-corrected chi connectivity index (χ2v) is 10.5. The monoisotopic (exact) mass is 558 g/mol. The van der Waals surface area contributed by atoms with Crippen LogP contribution in [0.5, 0.6) is 0 Å². The molecule has 1 aromatic carbocycles. The van der Waals surface area contributed by atoms with Crippen LogP contribution >= 0.6 is 15.9 Å². The van der Waals surface area contributed by atoms with Gasteiger partial charge >= 0.3 is 5.97 Å². The van der Waals surface area contributed by atoms with Crippen LogP contribution < -0.4 is 11.1 Å². The highest BCUT2D eigenvalue weighted by Crippen LogP contribution is 2.42. The normalized spacial score (nSPS) is 15.2. The van der Waals surface area contributed by atoms with E-state index in [1.165, 1.54) is 0 Å². The van der Waals surface area contributed by atoms with Gasteiger partial charge in [0.05, 0.1) is 23.7 Å². The SMILES string of the molecule is CCN(CC)C(CC(N)=O)n1c(C=C2C(=O)Nc3ccc(Br)cc32)c(C(C)C)c(C(=O)O)c1C(C)C. The maximum Gasteiger partial charge on any atom is 0.337 e. The summed E-state index contributed by atoms with van der Waals surface area (Å²) in [5.41, 5.74) is 9.66. The maximum absolute atomic E-state index is 13.1. The summed E-state index contributed by atoms with van der Waals surface area (Å²) in [7, 11) is 0. The second kappa shape index (κ2) is 11.0. The van der Waals surface area contributed by atoms with Crippen molar-refractivity contribution in [2.24, 2.45) is 5.73 Å². The number of aromatic carboxylic acids is 1. The van der Waals surface area contributed by atoms with Gasteiger partial charge in [-0.3, -0.25) is 14.5 Å². The maximum atomic E-state index is 13.1. The van der Waals surface area contributed by atoms with Crippen LogP contribution in [-0.2, 0) is 9.59 Å². The fraction of sp³-hybridized carbons (Fsp3) is 0.444. The van der Waals surface area contributed by atoms with Crippen molar-refractivity contribution >= 4 is 51.1 Å². The number of hydrogen-bond donors (Lipinski definition) is 3. The molecule has 1 atom stereocenters. The number of anilines is 1. The van der Waals surface area contributed by atoms with E-state index in [-0.39, 0.29) is 29.7 Å². The third kappa shape index (κ3) is 5.13. The minimum absolute atomic E-state index is 0.0111. The number of carboxylic acid groups (broad SMARTS) is 1. The van der Waals surface area contributed by atoms with Crippen molar-refractivity contribution in [3.63, 3.8) is 0 Å². The van der Waals surface area contributed by atoms with Crippen LogP contribution in [0.25, 0.3) is 11.6 Å². The van der Waals surface area contributed by atoms with Crippen LogP contribution in [0, 0.1) is 0 Å². The molecule has 8 nitrogen and oxygen atoms in total. The van der Waals surface area contributed by atoms with Crippen LogP contribution in [0.1, 0.15) is 98.8 Å². The van der Waals surface area contributed by atoms with Crippen molar-refractivity contribution in [3.05, 3.63) is 50.8 Å². The van der Waals surface area contributed by atoms with Gasteiger partial charge in [-0.05, 0) is 54.8 Å². The van der Waals surface area contributed by atoms with E-state index >= 15 is 0 Å². The highest BCUT2D eigenvalue weighted by Gasteiger charge is 2.35. The molecule has 4 N–H and O–H groups in total. The number of carboxylic acids is 1. The predicted molar refractivity (Wildman–Crippen MR) is 146 cm³/mol. The first-order valence-electron chi connectivity index (χ1n) is 12.3. The Morgan fingerprint density at radius 2 is 1.81 bits per heavy atom. The number of hydrogen-bond acceptors (Lipinski definition) is 4. The molecule has 36 heavy (non-hydrogen) atoms. The second-order valence-electron chi connectivity index (χ2n) is 9.62. The first-order valence-corrected chi connectivity index (χ1v) is 13.1. The van der Waals surface area contributed by atoms with Crippen molar-refractivity contribution in [3.8, 4) is 0 Å². The molecule has 0 aliphatic carbocycles. The molecule has 1 aliphatic rings. The Kier molecular flexibility index (Phi) is 8.46. The van der Waals surface area contributed by atoms with E-state index in [9.17, 15) is 19.5 Å². The molecule has 0 saturated heterocycles. The highest BCUT2D eigenvalue weighted by molar-refractivity contribution is 9.10. The number of halogens is 1. The van der Waals surface area contributed by atoms with Crippen molar-refractivity contribution < 1.29 is 19.5 Å². The lowest BCUT2D eigenvalue weighted by atomic mass is 9.94. The molecular weight excluding hydrogens is 524 g/mol. The third-order valence-corrected chi connectivity index (χ3v) is 7.11. The molecule has 0 spiro atoms. The van der Waals surface area contributed by atoms with Crippen LogP contribution in [0.3, 0.4) is 0 Å². The molecule has 1 aromatic heterocycles. The molecule has 1 unspecified atom stereocenters. The van der Waals surface area contributed by atoms with Crippen LogP contribution in [-0.4, -0.2) is 45.4 Å². The Labute approximate surface area is 220 Å². The zero-order valence-corrected chi connectivity index (χ0v) is 23.3. The van der Waals surface area contributed by atoms with Crippen LogP contribution in [0.4, 0.5) is 5.69 Å². The Bertz CT molecular complexity index is 1220. The summed E-state index contributed by atoms with van der Waals surface area (Å²) in [6, 6.07) is 5.55. The number of amides is 2. The van der Waals surface area contributed by atoms with Gasteiger partial charge in [0, 0.05) is 27.1 Å². The first kappa shape index (κ1) is 27.7. The number of aromatic nitrogens is 1. The molecule has 1 aliphatic heterocycles. The van der Waals surface area contributed by atoms with E-state index in [0.29, 0.717) is 41.3 Å². The number of rotatable bonds is 10. The predicted octanol–water partition coefficient (Wildman–Crippen LogP) is 5.40. The van der Waals surface area contributed by atoms with Gasteiger partial charge in [0.1, 0.15) is 0 Å². The average molecular weight is 560 g/mol. The average Bonchev–Trinajstić information content (AvgIpc) is 3.29. The molecule has 194 valence electrons. The minimum atomic E-state index is -1.03. The topological polar surface area (TPSA) is 118 Å². The number of nitrogens with zero attached hydrogens (tertiary/aromatic N) is 2. The minimum Gasteiger partial charge on any atom is -0.478 e. The lowest BCUT2D eigenvalue weighted by molar-refractivity contribution is -0.120. The fourth-order valence-corrected chi connectivity index (χ4v) is 5.50.